The summed E-state index contributed by atoms with van der Waals surface area (Å²) in [6, 6.07) is -1.12. The van der Waals surface area contributed by atoms with Crippen molar-refractivity contribution in [2.24, 2.45) is 5.92 Å². The Balaban J connectivity index is 2.90. The first kappa shape index (κ1) is 10.8. The van der Waals surface area contributed by atoms with E-state index in [1.54, 1.807) is 6.92 Å². The quantitative estimate of drug-likeness (QED) is 0.578. The van der Waals surface area contributed by atoms with Crippen molar-refractivity contribution >= 4 is 12.1 Å². The number of aliphatic carboxylic acids is 1. The second-order valence-electron chi connectivity index (χ2n) is 3.36. The molecule has 1 aliphatic rings. The van der Waals surface area contributed by atoms with Gasteiger partial charge >= 0.3 is 12.1 Å². The average molecular weight is 203 g/mol. The molecule has 1 fully saturated rings. The van der Waals surface area contributed by atoms with Gasteiger partial charge in [-0.05, 0) is 6.42 Å². The van der Waals surface area contributed by atoms with Gasteiger partial charge in [0.1, 0.15) is 6.04 Å². The van der Waals surface area contributed by atoms with Crippen LogP contribution >= 0.6 is 0 Å². The maximum atomic E-state index is 10.8. The van der Waals surface area contributed by atoms with Gasteiger partial charge in [-0.2, -0.15) is 0 Å². The fourth-order valence-corrected chi connectivity index (χ4v) is 1.90. The van der Waals surface area contributed by atoms with E-state index >= 15 is 0 Å². The zero-order valence-corrected chi connectivity index (χ0v) is 7.75. The maximum absolute atomic E-state index is 10.8. The van der Waals surface area contributed by atoms with E-state index in [-0.39, 0.29) is 6.54 Å². The molecule has 1 amide bonds. The lowest BCUT2D eigenvalue weighted by atomic mass is 9.95. The summed E-state index contributed by atoms with van der Waals surface area (Å²) >= 11 is 0. The van der Waals surface area contributed by atoms with E-state index < -0.39 is 30.1 Å². The van der Waals surface area contributed by atoms with E-state index in [9.17, 15) is 14.7 Å². The monoisotopic (exact) mass is 203 g/mol. The standard InChI is InChI=1S/C8H13NO5/c1-2-4-5(10)3-9(8(13)14)6(4)7(11)12/h4-6,10H,2-3H2,1H3,(H,11,12)(H,13,14)/t4-,5+,6-/m0/s1. The minimum absolute atomic E-state index is 0.120. The lowest BCUT2D eigenvalue weighted by Gasteiger charge is -2.20. The Labute approximate surface area is 80.8 Å². The fraction of sp³-hybridized carbons (Fsp3) is 0.750. The number of amides is 1. The number of aliphatic hydroxyl groups is 1. The number of likely N-dealkylation sites (tertiary alicyclic amines) is 1. The summed E-state index contributed by atoms with van der Waals surface area (Å²) in [6.07, 6.45) is -1.73. The van der Waals surface area contributed by atoms with Gasteiger partial charge in [0, 0.05) is 5.92 Å². The van der Waals surface area contributed by atoms with Gasteiger partial charge in [0.2, 0.25) is 0 Å². The van der Waals surface area contributed by atoms with Crippen molar-refractivity contribution in [2.45, 2.75) is 25.5 Å². The summed E-state index contributed by atoms with van der Waals surface area (Å²) in [5.41, 5.74) is 0. The number of rotatable bonds is 2. The smallest absolute Gasteiger partial charge is 0.408 e. The third kappa shape index (κ3) is 1.65. The van der Waals surface area contributed by atoms with Gasteiger partial charge in [-0.1, -0.05) is 6.92 Å². The minimum Gasteiger partial charge on any atom is -0.480 e. The molecular formula is C8H13NO5. The molecule has 0 aromatic heterocycles. The molecule has 0 saturated carbocycles. The molecule has 0 aromatic rings. The van der Waals surface area contributed by atoms with Crippen molar-refractivity contribution in [3.8, 4) is 0 Å². The molecule has 14 heavy (non-hydrogen) atoms. The Morgan fingerprint density at radius 3 is 2.36 bits per heavy atom. The lowest BCUT2D eigenvalue weighted by molar-refractivity contribution is -0.143. The average Bonchev–Trinajstić information content (AvgIpc) is 2.42. The molecule has 0 aromatic carbocycles. The van der Waals surface area contributed by atoms with Crippen LogP contribution in [-0.4, -0.2) is 51.0 Å². The first-order chi connectivity index (χ1) is 6.49. The molecule has 0 aliphatic carbocycles. The largest absolute Gasteiger partial charge is 0.480 e. The van der Waals surface area contributed by atoms with Crippen LogP contribution < -0.4 is 0 Å². The van der Waals surface area contributed by atoms with Crippen LogP contribution in [0.3, 0.4) is 0 Å². The molecule has 3 atom stereocenters. The molecule has 1 saturated heterocycles. The Morgan fingerprint density at radius 1 is 1.43 bits per heavy atom. The van der Waals surface area contributed by atoms with Crippen LogP contribution in [0.1, 0.15) is 13.3 Å². The highest BCUT2D eigenvalue weighted by atomic mass is 16.4. The lowest BCUT2D eigenvalue weighted by Crippen LogP contribution is -2.42. The van der Waals surface area contributed by atoms with Crippen LogP contribution in [0.25, 0.3) is 0 Å². The molecule has 1 rings (SSSR count). The maximum Gasteiger partial charge on any atom is 0.408 e. The normalized spacial score (nSPS) is 31.9. The number of nitrogens with zero attached hydrogens (tertiary/aromatic N) is 1. The highest BCUT2D eigenvalue weighted by molar-refractivity contribution is 5.80. The summed E-state index contributed by atoms with van der Waals surface area (Å²) in [5.74, 6) is -1.71. The van der Waals surface area contributed by atoms with E-state index in [1.165, 1.54) is 0 Å². The van der Waals surface area contributed by atoms with E-state index in [0.29, 0.717) is 6.42 Å². The molecule has 0 unspecified atom stereocenters. The Bertz CT molecular complexity index is 254. The highest BCUT2D eigenvalue weighted by Gasteiger charge is 2.46. The topological polar surface area (TPSA) is 98.1 Å². The van der Waals surface area contributed by atoms with Gasteiger partial charge in [-0.25, -0.2) is 9.59 Å². The van der Waals surface area contributed by atoms with Crippen molar-refractivity contribution in [2.75, 3.05) is 6.54 Å². The summed E-state index contributed by atoms with van der Waals surface area (Å²) in [4.78, 5) is 22.3. The van der Waals surface area contributed by atoms with Crippen molar-refractivity contribution < 1.29 is 24.9 Å². The Kier molecular flexibility index (Phi) is 2.95. The predicted octanol–water partition coefficient (Wildman–Crippen LogP) is -0.180. The zero-order chi connectivity index (χ0) is 10.9. The van der Waals surface area contributed by atoms with Crippen molar-refractivity contribution in [1.29, 1.82) is 0 Å². The molecule has 1 heterocycles. The van der Waals surface area contributed by atoms with Gasteiger partial charge < -0.3 is 15.3 Å². The van der Waals surface area contributed by atoms with Gasteiger partial charge in [-0.15, -0.1) is 0 Å². The molecule has 3 N–H and O–H groups in total. The van der Waals surface area contributed by atoms with E-state index in [1.807, 2.05) is 0 Å². The first-order valence-electron chi connectivity index (χ1n) is 4.39. The number of carbonyl (C=O) groups is 2. The van der Waals surface area contributed by atoms with Gasteiger partial charge in [0.05, 0.1) is 12.6 Å². The number of hydrogen-bond acceptors (Lipinski definition) is 3. The number of carboxylic acids is 1. The van der Waals surface area contributed by atoms with Crippen molar-refractivity contribution in [1.82, 2.24) is 4.90 Å². The van der Waals surface area contributed by atoms with Gasteiger partial charge in [0.25, 0.3) is 0 Å². The minimum atomic E-state index is -1.30. The van der Waals surface area contributed by atoms with E-state index in [4.69, 9.17) is 10.2 Å². The summed E-state index contributed by atoms with van der Waals surface area (Å²) in [6.45, 7) is 1.61. The van der Waals surface area contributed by atoms with Crippen LogP contribution in [-0.2, 0) is 4.79 Å². The van der Waals surface area contributed by atoms with Crippen molar-refractivity contribution in [3.63, 3.8) is 0 Å². The molecule has 6 heteroatoms. The molecular weight excluding hydrogens is 190 g/mol. The van der Waals surface area contributed by atoms with E-state index in [2.05, 4.69) is 0 Å². The fourth-order valence-electron chi connectivity index (χ4n) is 1.90. The van der Waals surface area contributed by atoms with Crippen LogP contribution in [0.15, 0.2) is 0 Å². The Morgan fingerprint density at radius 2 is 2.00 bits per heavy atom. The summed E-state index contributed by atoms with van der Waals surface area (Å²) in [7, 11) is 0. The van der Waals surface area contributed by atoms with Gasteiger partial charge in [-0.3, -0.25) is 4.90 Å². The summed E-state index contributed by atoms with van der Waals surface area (Å²) < 4.78 is 0. The predicted molar refractivity (Wildman–Crippen MR) is 45.9 cm³/mol. The molecule has 0 spiro atoms. The molecule has 80 valence electrons. The second kappa shape index (κ2) is 3.83. The Hall–Kier alpha value is -1.30. The van der Waals surface area contributed by atoms with Crippen LogP contribution in [0.4, 0.5) is 4.79 Å². The number of β-amino-alcohol motifs (C(OH)–C–C–N with tert-alkyl or cyclic N) is 1. The van der Waals surface area contributed by atoms with Crippen LogP contribution in [0, 0.1) is 5.92 Å². The highest BCUT2D eigenvalue weighted by Crippen LogP contribution is 2.27. The molecule has 0 bridgehead atoms. The third-order valence-corrected chi connectivity index (χ3v) is 2.59. The van der Waals surface area contributed by atoms with Gasteiger partial charge in [0.15, 0.2) is 0 Å². The summed E-state index contributed by atoms with van der Waals surface area (Å²) in [5, 5.41) is 27.0. The molecule has 0 radical (unpaired) electrons. The number of aliphatic hydroxyl groups excluding tert-OH is 1. The second-order valence-corrected chi connectivity index (χ2v) is 3.36. The third-order valence-electron chi connectivity index (χ3n) is 2.59. The molecule has 6 nitrogen and oxygen atoms in total. The zero-order valence-electron chi connectivity index (χ0n) is 7.75. The van der Waals surface area contributed by atoms with E-state index in [0.717, 1.165) is 4.90 Å². The first-order valence-corrected chi connectivity index (χ1v) is 4.39. The van der Waals surface area contributed by atoms with Crippen molar-refractivity contribution in [3.05, 3.63) is 0 Å². The number of hydrogen-bond donors (Lipinski definition) is 3. The molecule has 1 aliphatic heterocycles. The van der Waals surface area contributed by atoms with Crippen LogP contribution in [0.2, 0.25) is 0 Å². The van der Waals surface area contributed by atoms with Crippen LogP contribution in [0.5, 0.6) is 0 Å². The number of carboxylic acid groups (broad SMARTS) is 2. The SMILES string of the molecule is CC[C@H]1[C@H](O)CN(C(=O)O)[C@@H]1C(=O)O.